The SMILES string of the molecule is [2H]C([2H])(C#CC)C(C)[C@@H](/C=C/[C@@H]1[C@H]2CC(=O)C[C@H]2C[C@H]1OC)OC. The minimum absolute atomic E-state index is 0.129. The summed E-state index contributed by atoms with van der Waals surface area (Å²) in [4.78, 5) is 11.7. The molecule has 3 heteroatoms. The average molecular weight is 306 g/mol. The Morgan fingerprint density at radius 3 is 2.86 bits per heavy atom. The van der Waals surface area contributed by atoms with Gasteiger partial charge in [-0.15, -0.1) is 11.8 Å². The van der Waals surface area contributed by atoms with Gasteiger partial charge < -0.3 is 9.47 Å². The van der Waals surface area contributed by atoms with Crippen molar-refractivity contribution < 1.29 is 17.0 Å². The molecule has 0 aromatic rings. The first-order chi connectivity index (χ1) is 11.3. The molecule has 22 heavy (non-hydrogen) atoms. The Bertz CT molecular complexity index is 547. The van der Waals surface area contributed by atoms with E-state index in [4.69, 9.17) is 12.2 Å². The van der Waals surface area contributed by atoms with Crippen LogP contribution in [0.3, 0.4) is 0 Å². The zero-order valence-electron chi connectivity index (χ0n) is 16.0. The molecule has 0 aromatic heterocycles. The third-order valence-corrected chi connectivity index (χ3v) is 5.03. The highest BCUT2D eigenvalue weighted by Gasteiger charge is 2.47. The van der Waals surface area contributed by atoms with Crippen LogP contribution in [0.25, 0.3) is 0 Å². The van der Waals surface area contributed by atoms with Gasteiger partial charge in [-0.1, -0.05) is 19.1 Å². The van der Waals surface area contributed by atoms with Gasteiger partial charge in [-0.2, -0.15) is 0 Å². The van der Waals surface area contributed by atoms with E-state index in [-0.39, 0.29) is 18.1 Å². The van der Waals surface area contributed by atoms with Crippen molar-refractivity contribution in [1.29, 1.82) is 0 Å². The minimum Gasteiger partial charge on any atom is -0.381 e. The molecule has 2 aliphatic carbocycles. The molecule has 2 fully saturated rings. The lowest BCUT2D eigenvalue weighted by Crippen LogP contribution is -2.22. The minimum atomic E-state index is -1.61. The number of fused-ring (bicyclic) bond motifs is 1. The smallest absolute Gasteiger partial charge is 0.133 e. The first-order valence-electron chi connectivity index (χ1n) is 9.03. The second-order valence-corrected chi connectivity index (χ2v) is 6.35. The predicted molar refractivity (Wildman–Crippen MR) is 87.3 cm³/mol. The summed E-state index contributed by atoms with van der Waals surface area (Å²) in [7, 11) is 3.31. The van der Waals surface area contributed by atoms with Crippen molar-refractivity contribution in [3.63, 3.8) is 0 Å². The second-order valence-electron chi connectivity index (χ2n) is 6.35. The van der Waals surface area contributed by atoms with E-state index in [1.54, 1.807) is 21.1 Å². The van der Waals surface area contributed by atoms with Gasteiger partial charge in [-0.25, -0.2) is 0 Å². The summed E-state index contributed by atoms with van der Waals surface area (Å²) in [6.45, 7) is 3.45. The first kappa shape index (κ1) is 14.5. The molecule has 0 aromatic carbocycles. The van der Waals surface area contributed by atoms with Crippen molar-refractivity contribution in [2.75, 3.05) is 14.2 Å². The van der Waals surface area contributed by atoms with E-state index in [9.17, 15) is 4.79 Å². The molecule has 3 nitrogen and oxygen atoms in total. The van der Waals surface area contributed by atoms with Crippen LogP contribution in [0, 0.1) is 35.5 Å². The molecule has 2 aliphatic rings. The Morgan fingerprint density at radius 1 is 1.45 bits per heavy atom. The Kier molecular flexibility index (Phi) is 5.23. The molecule has 6 atom stereocenters. The van der Waals surface area contributed by atoms with Crippen LogP contribution in [0.2, 0.25) is 0 Å². The highest BCUT2D eigenvalue weighted by atomic mass is 16.5. The van der Waals surface area contributed by atoms with Crippen LogP contribution in [-0.2, 0) is 14.3 Å². The van der Waals surface area contributed by atoms with Gasteiger partial charge in [-0.3, -0.25) is 4.79 Å². The summed E-state index contributed by atoms with van der Waals surface area (Å²) in [5.74, 6) is 6.20. The van der Waals surface area contributed by atoms with Crippen LogP contribution in [0.1, 0.15) is 42.2 Å². The third kappa shape index (κ3) is 3.80. The van der Waals surface area contributed by atoms with Crippen molar-refractivity contribution in [3.8, 4) is 11.8 Å². The number of carbonyl (C=O) groups is 1. The Hall–Kier alpha value is -1.11. The van der Waals surface area contributed by atoms with Crippen LogP contribution >= 0.6 is 0 Å². The number of ether oxygens (including phenoxy) is 2. The van der Waals surface area contributed by atoms with Gasteiger partial charge in [0.05, 0.1) is 12.2 Å². The quantitative estimate of drug-likeness (QED) is 0.558. The molecule has 0 aliphatic heterocycles. The van der Waals surface area contributed by atoms with Gasteiger partial charge in [0.25, 0.3) is 0 Å². The number of ketones is 1. The van der Waals surface area contributed by atoms with E-state index in [1.165, 1.54) is 0 Å². The fourth-order valence-corrected chi connectivity index (χ4v) is 3.87. The van der Waals surface area contributed by atoms with Gasteiger partial charge in [0, 0.05) is 42.1 Å². The fraction of sp³-hybridized carbons (Fsp3) is 0.737. The zero-order chi connectivity index (χ0) is 17.9. The summed E-state index contributed by atoms with van der Waals surface area (Å²) >= 11 is 0. The maximum atomic E-state index is 11.7. The fourth-order valence-electron chi connectivity index (χ4n) is 3.87. The lowest BCUT2D eigenvalue weighted by atomic mass is 9.89. The number of hydrogen-bond acceptors (Lipinski definition) is 3. The molecule has 2 saturated carbocycles. The number of carbonyl (C=O) groups excluding carboxylic acids is 1. The van der Waals surface area contributed by atoms with E-state index < -0.39 is 12.3 Å². The van der Waals surface area contributed by atoms with Crippen molar-refractivity contribution >= 4 is 5.78 Å². The summed E-state index contributed by atoms with van der Waals surface area (Å²) in [6.07, 6.45) is 4.40. The van der Waals surface area contributed by atoms with Crippen LogP contribution in [0.5, 0.6) is 0 Å². The van der Waals surface area contributed by atoms with E-state index in [0.717, 1.165) is 6.42 Å². The molecule has 0 bridgehead atoms. The van der Waals surface area contributed by atoms with Gasteiger partial charge in [0.15, 0.2) is 0 Å². The molecule has 0 saturated heterocycles. The molecule has 0 N–H and O–H groups in total. The average Bonchev–Trinajstić information content (AvgIpc) is 3.03. The molecule has 0 amide bonds. The largest absolute Gasteiger partial charge is 0.381 e. The molecule has 0 spiro atoms. The van der Waals surface area contributed by atoms with Crippen molar-refractivity contribution in [2.45, 2.75) is 51.7 Å². The Labute approximate surface area is 137 Å². The maximum Gasteiger partial charge on any atom is 0.133 e. The second kappa shape index (κ2) is 7.94. The Balaban J connectivity index is 2.13. The number of Topliss-reactive ketones (excluding diaryl/α,β-unsaturated/α-hetero) is 1. The molecule has 122 valence electrons. The molecule has 0 heterocycles. The monoisotopic (exact) mass is 306 g/mol. The van der Waals surface area contributed by atoms with Crippen molar-refractivity contribution in [2.24, 2.45) is 23.7 Å². The highest BCUT2D eigenvalue weighted by molar-refractivity contribution is 5.81. The number of methoxy groups -OCH3 is 2. The molecular formula is C19H28O3. The summed E-state index contributed by atoms with van der Waals surface area (Å²) in [5, 5.41) is 0. The van der Waals surface area contributed by atoms with Crippen molar-refractivity contribution in [3.05, 3.63) is 12.2 Å². The van der Waals surface area contributed by atoms with Crippen LogP contribution in [0.4, 0.5) is 0 Å². The van der Waals surface area contributed by atoms with E-state index in [0.29, 0.717) is 30.5 Å². The summed E-state index contributed by atoms with van der Waals surface area (Å²) in [6, 6.07) is 0. The van der Waals surface area contributed by atoms with Crippen LogP contribution < -0.4 is 0 Å². The summed E-state index contributed by atoms with van der Waals surface area (Å²) in [5.41, 5.74) is 0. The van der Waals surface area contributed by atoms with E-state index in [2.05, 4.69) is 17.9 Å². The third-order valence-electron chi connectivity index (χ3n) is 5.03. The highest BCUT2D eigenvalue weighted by Crippen LogP contribution is 2.47. The molecule has 2 rings (SSSR count). The van der Waals surface area contributed by atoms with E-state index in [1.807, 2.05) is 13.0 Å². The van der Waals surface area contributed by atoms with Crippen LogP contribution in [0.15, 0.2) is 12.2 Å². The van der Waals surface area contributed by atoms with Gasteiger partial charge in [-0.05, 0) is 31.1 Å². The Morgan fingerprint density at radius 2 is 2.23 bits per heavy atom. The number of hydrogen-bond donors (Lipinski definition) is 0. The molecule has 0 radical (unpaired) electrons. The predicted octanol–water partition coefficient (Wildman–Crippen LogP) is 3.24. The van der Waals surface area contributed by atoms with Crippen LogP contribution in [-0.4, -0.2) is 32.2 Å². The van der Waals surface area contributed by atoms with E-state index >= 15 is 0 Å². The zero-order valence-corrected chi connectivity index (χ0v) is 14.0. The van der Waals surface area contributed by atoms with Crippen molar-refractivity contribution in [1.82, 2.24) is 0 Å². The van der Waals surface area contributed by atoms with Gasteiger partial charge >= 0.3 is 0 Å². The lowest BCUT2D eigenvalue weighted by molar-refractivity contribution is -0.118. The maximum absolute atomic E-state index is 11.7. The van der Waals surface area contributed by atoms with Gasteiger partial charge in [0.1, 0.15) is 5.78 Å². The molecular weight excluding hydrogens is 276 g/mol. The standard InChI is InChI=1S/C19H28O3/c1-5-6-7-13(2)18(21-3)9-8-16-17-12-15(20)10-14(17)11-19(16)22-4/h8-9,13-14,16-19H,7,10-12H2,1-4H3/b9-8+/t13?,14-,16+,17-,18+,19+/m0/s1/i7D2. The summed E-state index contributed by atoms with van der Waals surface area (Å²) < 4.78 is 27.3. The first-order valence-corrected chi connectivity index (χ1v) is 8.03. The van der Waals surface area contributed by atoms with Gasteiger partial charge in [0.2, 0.25) is 0 Å². The topological polar surface area (TPSA) is 35.5 Å². The normalized spacial score (nSPS) is 35.5. The molecule has 1 unspecified atom stereocenters. The lowest BCUT2D eigenvalue weighted by Gasteiger charge is -2.22. The number of rotatable bonds is 6.